The van der Waals surface area contributed by atoms with Crippen LogP contribution >= 0.6 is 11.6 Å². The smallest absolute Gasteiger partial charge is 0.139 e. The van der Waals surface area contributed by atoms with Crippen LogP contribution in [-0.2, 0) is 0 Å². The van der Waals surface area contributed by atoms with Gasteiger partial charge in [0.25, 0.3) is 0 Å². The molecule has 21 heavy (non-hydrogen) atoms. The Kier molecular flexibility index (Phi) is 5.10. The van der Waals surface area contributed by atoms with E-state index in [0.717, 1.165) is 16.9 Å². The second-order valence-electron chi connectivity index (χ2n) is 5.11. The highest BCUT2D eigenvalue weighted by molar-refractivity contribution is 6.32. The Balaban J connectivity index is 2.30. The summed E-state index contributed by atoms with van der Waals surface area (Å²) in [6.07, 6.45) is -0.291. The number of halogens is 1. The van der Waals surface area contributed by atoms with Crippen molar-refractivity contribution in [2.45, 2.75) is 26.0 Å². The van der Waals surface area contributed by atoms with E-state index in [1.165, 1.54) is 0 Å². The van der Waals surface area contributed by atoms with Gasteiger partial charge in [0.2, 0.25) is 0 Å². The minimum atomic E-state index is -0.291. The van der Waals surface area contributed by atoms with Crippen LogP contribution in [0.1, 0.15) is 24.2 Å². The maximum atomic E-state index is 6.23. The van der Waals surface area contributed by atoms with E-state index in [1.807, 2.05) is 56.3 Å². The highest BCUT2D eigenvalue weighted by atomic mass is 35.5. The number of nitrogens with two attached hydrogens (primary N) is 1. The van der Waals surface area contributed by atoms with Crippen LogP contribution in [0.15, 0.2) is 42.5 Å². The molecule has 0 spiro atoms. The van der Waals surface area contributed by atoms with Crippen molar-refractivity contribution in [3.05, 3.63) is 58.6 Å². The Morgan fingerprint density at radius 2 is 1.90 bits per heavy atom. The molecule has 0 aliphatic rings. The van der Waals surface area contributed by atoms with E-state index >= 15 is 0 Å². The summed E-state index contributed by atoms with van der Waals surface area (Å²) in [4.78, 5) is 0. The number of benzene rings is 2. The molecule has 3 nitrogen and oxygen atoms in total. The Morgan fingerprint density at radius 1 is 1.14 bits per heavy atom. The topological polar surface area (TPSA) is 44.5 Å². The van der Waals surface area contributed by atoms with Gasteiger partial charge in [-0.05, 0) is 49.2 Å². The zero-order valence-electron chi connectivity index (χ0n) is 12.5. The number of hydrogen-bond acceptors (Lipinski definition) is 3. The molecule has 2 aromatic rings. The zero-order valence-corrected chi connectivity index (χ0v) is 13.2. The summed E-state index contributed by atoms with van der Waals surface area (Å²) < 4.78 is 11.3. The Morgan fingerprint density at radius 3 is 2.52 bits per heavy atom. The normalized spacial score (nSPS) is 13.6. The molecule has 0 saturated heterocycles. The van der Waals surface area contributed by atoms with Crippen LogP contribution in [-0.4, -0.2) is 13.2 Å². The van der Waals surface area contributed by atoms with Crippen molar-refractivity contribution in [3.8, 4) is 11.5 Å². The molecule has 2 atom stereocenters. The van der Waals surface area contributed by atoms with Crippen molar-refractivity contribution in [1.29, 1.82) is 0 Å². The molecule has 2 N–H and O–H groups in total. The number of methoxy groups -OCH3 is 1. The molecular weight excluding hydrogens is 286 g/mol. The molecule has 0 heterocycles. The lowest BCUT2D eigenvalue weighted by Gasteiger charge is -2.24. The average Bonchev–Trinajstić information content (AvgIpc) is 2.46. The van der Waals surface area contributed by atoms with Gasteiger partial charge in [-0.25, -0.2) is 0 Å². The predicted octanol–water partition coefficient (Wildman–Crippen LogP) is 4.12. The molecule has 0 saturated carbocycles. The fourth-order valence-corrected chi connectivity index (χ4v) is 2.42. The Labute approximate surface area is 130 Å². The highest BCUT2D eigenvalue weighted by Crippen LogP contribution is 2.32. The molecule has 2 rings (SSSR count). The third-order valence-corrected chi connectivity index (χ3v) is 3.54. The van der Waals surface area contributed by atoms with Gasteiger partial charge in [-0.3, -0.25) is 0 Å². The molecule has 2 aromatic carbocycles. The summed E-state index contributed by atoms with van der Waals surface area (Å²) in [5, 5.41) is 0.587. The van der Waals surface area contributed by atoms with E-state index in [1.54, 1.807) is 7.11 Å². The molecule has 0 amide bonds. The molecule has 0 bridgehead atoms. The molecule has 0 radical (unpaired) electrons. The van der Waals surface area contributed by atoms with Gasteiger partial charge in [-0.1, -0.05) is 29.8 Å². The van der Waals surface area contributed by atoms with Gasteiger partial charge >= 0.3 is 0 Å². The Hall–Kier alpha value is -1.71. The maximum Gasteiger partial charge on any atom is 0.139 e. The number of rotatable bonds is 5. The van der Waals surface area contributed by atoms with Crippen molar-refractivity contribution in [2.75, 3.05) is 7.11 Å². The van der Waals surface area contributed by atoms with Crippen LogP contribution in [0, 0.1) is 6.92 Å². The first-order valence-electron chi connectivity index (χ1n) is 6.83. The first kappa shape index (κ1) is 15.7. The molecule has 4 heteroatoms. The lowest BCUT2D eigenvalue weighted by Crippen LogP contribution is -2.29. The number of ether oxygens (including phenoxy) is 2. The van der Waals surface area contributed by atoms with Gasteiger partial charge in [-0.15, -0.1) is 0 Å². The quantitative estimate of drug-likeness (QED) is 0.903. The third-order valence-electron chi connectivity index (χ3n) is 3.24. The fraction of sp³-hybridized carbons (Fsp3) is 0.294. The van der Waals surface area contributed by atoms with Crippen LogP contribution in [0.5, 0.6) is 11.5 Å². The SMILES string of the molecule is COc1cccc(C(Oc2ccc(C)cc2Cl)C(C)N)c1. The van der Waals surface area contributed by atoms with E-state index in [9.17, 15) is 0 Å². The van der Waals surface area contributed by atoms with Gasteiger partial charge < -0.3 is 15.2 Å². The minimum absolute atomic E-state index is 0.186. The lowest BCUT2D eigenvalue weighted by atomic mass is 10.0. The summed E-state index contributed by atoms with van der Waals surface area (Å²) in [6, 6.07) is 13.2. The van der Waals surface area contributed by atoms with Crippen LogP contribution in [0.2, 0.25) is 5.02 Å². The van der Waals surface area contributed by atoms with Gasteiger partial charge in [0.15, 0.2) is 0 Å². The highest BCUT2D eigenvalue weighted by Gasteiger charge is 2.20. The largest absolute Gasteiger partial charge is 0.497 e. The van der Waals surface area contributed by atoms with E-state index < -0.39 is 0 Å². The van der Waals surface area contributed by atoms with Gasteiger partial charge in [0, 0.05) is 6.04 Å². The molecule has 2 unspecified atom stereocenters. The summed E-state index contributed by atoms with van der Waals surface area (Å²) in [6.45, 7) is 3.90. The second kappa shape index (κ2) is 6.83. The van der Waals surface area contributed by atoms with Crippen LogP contribution < -0.4 is 15.2 Å². The van der Waals surface area contributed by atoms with E-state index in [4.69, 9.17) is 26.8 Å². The van der Waals surface area contributed by atoms with Gasteiger partial charge in [-0.2, -0.15) is 0 Å². The number of hydrogen-bond donors (Lipinski definition) is 1. The van der Waals surface area contributed by atoms with E-state index in [2.05, 4.69) is 0 Å². The molecular formula is C17H20ClNO2. The maximum absolute atomic E-state index is 6.23. The fourth-order valence-electron chi connectivity index (χ4n) is 2.14. The predicted molar refractivity (Wildman–Crippen MR) is 86.2 cm³/mol. The first-order valence-corrected chi connectivity index (χ1v) is 7.21. The monoisotopic (exact) mass is 305 g/mol. The number of aryl methyl sites for hydroxylation is 1. The second-order valence-corrected chi connectivity index (χ2v) is 5.52. The standard InChI is InChI=1S/C17H20ClNO2/c1-11-7-8-16(15(18)9-11)21-17(12(2)19)13-5-4-6-14(10-13)20-3/h4-10,12,17H,19H2,1-3H3. The van der Waals surface area contributed by atoms with Crippen molar-refractivity contribution in [1.82, 2.24) is 0 Å². The summed E-state index contributed by atoms with van der Waals surface area (Å²) >= 11 is 6.23. The van der Waals surface area contributed by atoms with Crippen LogP contribution in [0.4, 0.5) is 0 Å². The van der Waals surface area contributed by atoms with Crippen LogP contribution in [0.25, 0.3) is 0 Å². The summed E-state index contributed by atoms with van der Waals surface area (Å²) in [5.74, 6) is 1.41. The molecule has 0 aliphatic heterocycles. The third kappa shape index (κ3) is 3.90. The van der Waals surface area contributed by atoms with Crippen molar-refractivity contribution in [2.24, 2.45) is 5.73 Å². The molecule has 0 aromatic heterocycles. The van der Waals surface area contributed by atoms with E-state index in [-0.39, 0.29) is 12.1 Å². The van der Waals surface area contributed by atoms with Gasteiger partial charge in [0.05, 0.1) is 12.1 Å². The Bertz CT molecular complexity index is 613. The minimum Gasteiger partial charge on any atom is -0.497 e. The molecule has 0 aliphatic carbocycles. The molecule has 0 fully saturated rings. The molecule has 112 valence electrons. The first-order chi connectivity index (χ1) is 10.0. The summed E-state index contributed by atoms with van der Waals surface area (Å²) in [5.41, 5.74) is 8.13. The lowest BCUT2D eigenvalue weighted by molar-refractivity contribution is 0.180. The zero-order chi connectivity index (χ0) is 15.4. The van der Waals surface area contributed by atoms with Crippen molar-refractivity contribution < 1.29 is 9.47 Å². The van der Waals surface area contributed by atoms with Crippen molar-refractivity contribution >= 4 is 11.6 Å². The van der Waals surface area contributed by atoms with E-state index in [0.29, 0.717) is 10.8 Å². The van der Waals surface area contributed by atoms with Gasteiger partial charge in [0.1, 0.15) is 17.6 Å². The van der Waals surface area contributed by atoms with Crippen LogP contribution in [0.3, 0.4) is 0 Å². The average molecular weight is 306 g/mol. The summed E-state index contributed by atoms with van der Waals surface area (Å²) in [7, 11) is 1.64. The van der Waals surface area contributed by atoms with Crippen molar-refractivity contribution in [3.63, 3.8) is 0 Å².